The van der Waals surface area contributed by atoms with E-state index in [1.54, 1.807) is 12.1 Å². The lowest BCUT2D eigenvalue weighted by atomic mass is 10.1. The molecule has 3 amide bonds. The third kappa shape index (κ3) is 4.64. The van der Waals surface area contributed by atoms with Crippen molar-refractivity contribution >= 4 is 17.9 Å². The first-order valence-corrected chi connectivity index (χ1v) is 8.89. The zero-order chi connectivity index (χ0) is 20.1. The van der Waals surface area contributed by atoms with Crippen LogP contribution in [0.25, 0.3) is 0 Å². The average molecular weight is 383 g/mol. The Balaban J connectivity index is 1.76. The van der Waals surface area contributed by atoms with Crippen LogP contribution in [-0.4, -0.2) is 47.0 Å². The van der Waals surface area contributed by atoms with Crippen molar-refractivity contribution in [2.24, 2.45) is 0 Å². The van der Waals surface area contributed by atoms with Crippen LogP contribution in [0.15, 0.2) is 48.7 Å². The third-order valence-corrected chi connectivity index (χ3v) is 4.07. The van der Waals surface area contributed by atoms with Gasteiger partial charge in [0.25, 0.3) is 11.8 Å². The van der Waals surface area contributed by atoms with Gasteiger partial charge in [-0.15, -0.1) is 0 Å². The Morgan fingerprint density at radius 1 is 1.21 bits per heavy atom. The third-order valence-electron chi connectivity index (χ3n) is 4.07. The van der Waals surface area contributed by atoms with Gasteiger partial charge in [0.15, 0.2) is 6.61 Å². The van der Waals surface area contributed by atoms with E-state index in [9.17, 15) is 14.4 Å². The van der Waals surface area contributed by atoms with E-state index in [-0.39, 0.29) is 25.2 Å². The van der Waals surface area contributed by atoms with E-state index < -0.39 is 18.0 Å². The van der Waals surface area contributed by atoms with Gasteiger partial charge in [0.2, 0.25) is 5.88 Å². The largest absolute Gasteiger partial charge is 0.475 e. The molecular weight excluding hydrogens is 362 g/mol. The lowest BCUT2D eigenvalue weighted by molar-refractivity contribution is -0.126. The van der Waals surface area contributed by atoms with Crippen LogP contribution in [0, 0.1) is 0 Å². The molecule has 0 aliphatic carbocycles. The molecule has 1 atom stereocenters. The number of nitrogens with one attached hydrogen (secondary N) is 1. The Labute approximate surface area is 162 Å². The van der Waals surface area contributed by atoms with Crippen LogP contribution in [0.1, 0.15) is 35.8 Å². The summed E-state index contributed by atoms with van der Waals surface area (Å²) in [6.45, 7) is 3.47. The van der Waals surface area contributed by atoms with Gasteiger partial charge in [-0.2, -0.15) is 0 Å². The molecule has 8 nitrogen and oxygen atoms in total. The van der Waals surface area contributed by atoms with Gasteiger partial charge in [-0.25, -0.2) is 14.7 Å². The molecule has 1 aromatic heterocycles. The number of hydrogen-bond acceptors (Lipinski definition) is 6. The molecule has 1 saturated heterocycles. The molecule has 3 rings (SSSR count). The molecule has 1 unspecified atom stereocenters. The lowest BCUT2D eigenvalue weighted by Crippen LogP contribution is -2.40. The molecular formula is C20H21N3O5. The van der Waals surface area contributed by atoms with Crippen LogP contribution in [0.4, 0.5) is 4.79 Å². The number of nitrogens with zero attached hydrogens (tertiary/aromatic N) is 2. The number of carbonyl (C=O) groups is 3. The molecule has 1 aliphatic rings. The number of pyridine rings is 1. The highest BCUT2D eigenvalue weighted by molar-refractivity contribution is 5.98. The molecule has 1 aliphatic heterocycles. The van der Waals surface area contributed by atoms with Gasteiger partial charge < -0.3 is 14.8 Å². The maximum Gasteiger partial charge on any atom is 0.417 e. The summed E-state index contributed by atoms with van der Waals surface area (Å²) in [7, 11) is 0. The standard InChI is InChI=1S/C20H21N3O5/c1-13(2)28-17-9-8-15(10-21-17)19(25)22-16(14-6-4-3-5-7-14)11-23-18(24)12-27-20(23)26/h3-10,13,16H,11-12H2,1-2H3,(H,22,25). The topological polar surface area (TPSA) is 97.8 Å². The Hall–Kier alpha value is -3.42. The molecule has 2 heterocycles. The van der Waals surface area contributed by atoms with Gasteiger partial charge in [-0.1, -0.05) is 30.3 Å². The molecule has 1 aromatic carbocycles. The van der Waals surface area contributed by atoms with Crippen LogP contribution in [0.3, 0.4) is 0 Å². The first-order valence-electron chi connectivity index (χ1n) is 8.89. The summed E-state index contributed by atoms with van der Waals surface area (Å²) in [5.74, 6) is -0.383. The Morgan fingerprint density at radius 3 is 2.54 bits per heavy atom. The fourth-order valence-electron chi connectivity index (χ4n) is 2.73. The van der Waals surface area contributed by atoms with Crippen molar-refractivity contribution in [2.75, 3.05) is 13.2 Å². The minimum Gasteiger partial charge on any atom is -0.475 e. The fourth-order valence-corrected chi connectivity index (χ4v) is 2.73. The zero-order valence-corrected chi connectivity index (χ0v) is 15.6. The minimum absolute atomic E-state index is 0.0185. The predicted molar refractivity (Wildman–Crippen MR) is 99.7 cm³/mol. The van der Waals surface area contributed by atoms with Gasteiger partial charge >= 0.3 is 6.09 Å². The second-order valence-electron chi connectivity index (χ2n) is 6.55. The molecule has 8 heteroatoms. The number of imide groups is 1. The van der Waals surface area contributed by atoms with E-state index in [0.29, 0.717) is 11.4 Å². The van der Waals surface area contributed by atoms with Crippen molar-refractivity contribution in [2.45, 2.75) is 26.0 Å². The number of ether oxygens (including phenoxy) is 2. The fraction of sp³-hybridized carbons (Fsp3) is 0.300. The number of rotatable bonds is 7. The maximum atomic E-state index is 12.7. The van der Waals surface area contributed by atoms with E-state index in [1.165, 1.54) is 6.20 Å². The van der Waals surface area contributed by atoms with Crippen LogP contribution < -0.4 is 10.1 Å². The second kappa shape index (κ2) is 8.51. The quantitative estimate of drug-likeness (QED) is 0.788. The summed E-state index contributed by atoms with van der Waals surface area (Å²) >= 11 is 0. The summed E-state index contributed by atoms with van der Waals surface area (Å²) in [5.41, 5.74) is 1.10. The number of carbonyl (C=O) groups excluding carboxylic acids is 3. The molecule has 1 fully saturated rings. The van der Waals surface area contributed by atoms with E-state index in [1.807, 2.05) is 44.2 Å². The van der Waals surface area contributed by atoms with Crippen LogP contribution in [-0.2, 0) is 9.53 Å². The zero-order valence-electron chi connectivity index (χ0n) is 15.6. The minimum atomic E-state index is -0.711. The molecule has 146 valence electrons. The van der Waals surface area contributed by atoms with Gasteiger partial charge in [0.05, 0.1) is 24.3 Å². The lowest BCUT2D eigenvalue weighted by Gasteiger charge is -2.22. The van der Waals surface area contributed by atoms with Crippen LogP contribution in [0.2, 0.25) is 0 Å². The first-order chi connectivity index (χ1) is 13.4. The highest BCUT2D eigenvalue weighted by Crippen LogP contribution is 2.18. The molecule has 28 heavy (non-hydrogen) atoms. The molecule has 0 radical (unpaired) electrons. The van der Waals surface area contributed by atoms with Crippen molar-refractivity contribution in [1.29, 1.82) is 0 Å². The molecule has 0 saturated carbocycles. The number of amides is 3. The Kier molecular flexibility index (Phi) is 5.88. The Bertz CT molecular complexity index is 836. The highest BCUT2D eigenvalue weighted by atomic mass is 16.6. The molecule has 0 bridgehead atoms. The summed E-state index contributed by atoms with van der Waals surface area (Å²) in [6, 6.07) is 11.7. The normalized spacial score (nSPS) is 14.8. The van der Waals surface area contributed by atoms with E-state index in [2.05, 4.69) is 10.3 Å². The number of benzene rings is 1. The van der Waals surface area contributed by atoms with Gasteiger partial charge in [-0.05, 0) is 25.5 Å². The highest BCUT2D eigenvalue weighted by Gasteiger charge is 2.33. The first kappa shape index (κ1) is 19.3. The number of cyclic esters (lactones) is 1. The smallest absolute Gasteiger partial charge is 0.417 e. The summed E-state index contributed by atoms with van der Waals surface area (Å²) in [4.78, 5) is 41.5. The van der Waals surface area contributed by atoms with Crippen molar-refractivity contribution in [3.8, 4) is 5.88 Å². The van der Waals surface area contributed by atoms with Gasteiger partial charge in [-0.3, -0.25) is 9.59 Å². The SMILES string of the molecule is CC(C)Oc1ccc(C(=O)NC(CN2C(=O)COC2=O)c2ccccc2)cn1. The Morgan fingerprint density at radius 2 is 1.96 bits per heavy atom. The molecule has 0 spiro atoms. The van der Waals surface area contributed by atoms with Crippen molar-refractivity contribution in [3.63, 3.8) is 0 Å². The average Bonchev–Trinajstić information content (AvgIpc) is 3.00. The summed E-state index contributed by atoms with van der Waals surface area (Å²) < 4.78 is 10.2. The van der Waals surface area contributed by atoms with Crippen LogP contribution in [0.5, 0.6) is 5.88 Å². The van der Waals surface area contributed by atoms with Crippen molar-refractivity contribution in [1.82, 2.24) is 15.2 Å². The predicted octanol–water partition coefficient (Wildman–Crippen LogP) is 2.32. The number of hydrogen-bond donors (Lipinski definition) is 1. The van der Waals surface area contributed by atoms with Gasteiger partial charge in [0.1, 0.15) is 0 Å². The molecule has 1 N–H and O–H groups in total. The summed E-state index contributed by atoms with van der Waals surface area (Å²) in [5, 5.41) is 2.86. The summed E-state index contributed by atoms with van der Waals surface area (Å²) in [6.07, 6.45) is 0.689. The van der Waals surface area contributed by atoms with Crippen molar-refractivity contribution in [3.05, 3.63) is 59.8 Å². The van der Waals surface area contributed by atoms with Gasteiger partial charge in [0, 0.05) is 12.3 Å². The van der Waals surface area contributed by atoms with E-state index in [4.69, 9.17) is 9.47 Å². The maximum absolute atomic E-state index is 12.7. The number of aromatic nitrogens is 1. The van der Waals surface area contributed by atoms with Crippen molar-refractivity contribution < 1.29 is 23.9 Å². The van der Waals surface area contributed by atoms with Crippen LogP contribution >= 0.6 is 0 Å². The van der Waals surface area contributed by atoms with E-state index in [0.717, 1.165) is 10.5 Å². The molecule has 2 aromatic rings. The van der Waals surface area contributed by atoms with E-state index >= 15 is 0 Å². The second-order valence-corrected chi connectivity index (χ2v) is 6.55. The monoisotopic (exact) mass is 383 g/mol.